The lowest BCUT2D eigenvalue weighted by Crippen LogP contribution is -2.30. The quantitative estimate of drug-likeness (QED) is 0.0643. The highest BCUT2D eigenvalue weighted by atomic mass is 32.2. The number of benzene rings is 2. The van der Waals surface area contributed by atoms with Crippen molar-refractivity contribution in [2.45, 2.75) is 81.4 Å². The molecule has 2 heterocycles. The first kappa shape index (κ1) is 40.6. The van der Waals surface area contributed by atoms with Crippen molar-refractivity contribution in [3.63, 3.8) is 0 Å². The van der Waals surface area contributed by atoms with Gasteiger partial charge in [-0.15, -0.1) is 0 Å². The Kier molecular flexibility index (Phi) is 12.9. The van der Waals surface area contributed by atoms with Crippen molar-refractivity contribution in [2.75, 3.05) is 36.0 Å². The van der Waals surface area contributed by atoms with E-state index in [1.807, 2.05) is 66.5 Å². The number of para-hydroxylation sites is 1. The topological polar surface area (TPSA) is 195 Å². The fraction of sp³-hybridized carbons (Fsp3) is 0.472. The summed E-state index contributed by atoms with van der Waals surface area (Å²) >= 11 is 0. The van der Waals surface area contributed by atoms with Gasteiger partial charge in [0.1, 0.15) is 6.54 Å². The van der Waals surface area contributed by atoms with Crippen LogP contribution in [-0.4, -0.2) is 80.3 Å². The third kappa shape index (κ3) is 10.0. The Hall–Kier alpha value is -3.18. The van der Waals surface area contributed by atoms with E-state index in [-0.39, 0.29) is 35.4 Å². The fourth-order valence-electron chi connectivity index (χ4n) is 7.22. The summed E-state index contributed by atoms with van der Waals surface area (Å²) in [4.78, 5) is 1.72. The molecule has 2 aromatic carbocycles. The van der Waals surface area contributed by atoms with Crippen molar-refractivity contribution in [1.82, 2.24) is 0 Å². The van der Waals surface area contributed by atoms with Crippen LogP contribution in [-0.2, 0) is 41.2 Å². The molecule has 1 atom stereocenters. The average Bonchev–Trinajstić information content (AvgIpc) is 3.39. The minimum Gasteiger partial charge on any atom is -0.344 e. The molecule has 1 unspecified atom stereocenters. The summed E-state index contributed by atoms with van der Waals surface area (Å²) in [6.45, 7) is 7.42. The Bertz CT molecular complexity index is 2050. The van der Waals surface area contributed by atoms with E-state index in [1.54, 1.807) is 6.07 Å². The lowest BCUT2D eigenvalue weighted by molar-refractivity contribution is -0.437. The van der Waals surface area contributed by atoms with Crippen molar-refractivity contribution in [3.05, 3.63) is 89.7 Å². The van der Waals surface area contributed by atoms with E-state index in [2.05, 4.69) is 18.4 Å². The molecule has 0 spiro atoms. The van der Waals surface area contributed by atoms with Crippen molar-refractivity contribution in [1.29, 1.82) is 0 Å². The highest BCUT2D eigenvalue weighted by molar-refractivity contribution is 7.86. The van der Waals surface area contributed by atoms with Crippen LogP contribution < -0.4 is 10.6 Å². The summed E-state index contributed by atoms with van der Waals surface area (Å²) in [7, 11) is -12.8. The molecule has 4 rings (SSSR count). The van der Waals surface area contributed by atoms with Crippen LogP contribution in [0.15, 0.2) is 83.4 Å². The van der Waals surface area contributed by atoms with Gasteiger partial charge in [0.15, 0.2) is 5.71 Å². The Morgan fingerprint density at radius 2 is 1.45 bits per heavy atom. The van der Waals surface area contributed by atoms with E-state index in [1.165, 1.54) is 12.1 Å². The predicted octanol–water partition coefficient (Wildman–Crippen LogP) is 5.55. The summed E-state index contributed by atoms with van der Waals surface area (Å²) in [5, 5.41) is 0. The lowest BCUT2D eigenvalue weighted by atomic mass is 9.77. The minimum atomic E-state index is -4.49. The van der Waals surface area contributed by atoms with E-state index in [0.29, 0.717) is 30.8 Å². The van der Waals surface area contributed by atoms with Crippen molar-refractivity contribution >= 4 is 47.4 Å². The summed E-state index contributed by atoms with van der Waals surface area (Å²) in [6, 6.07) is 12.4. The normalized spacial score (nSPS) is 19.9. The second kappa shape index (κ2) is 16.2. The van der Waals surface area contributed by atoms with Crippen molar-refractivity contribution < 1.29 is 43.5 Å². The first-order valence-corrected chi connectivity index (χ1v) is 21.8. The summed E-state index contributed by atoms with van der Waals surface area (Å²) in [5.41, 5.74) is 9.84. The van der Waals surface area contributed by atoms with Crippen molar-refractivity contribution in [3.8, 4) is 0 Å². The maximum atomic E-state index is 12.2. The number of unbranched alkanes of at least 4 members (excludes halogenated alkanes) is 3. The molecule has 0 saturated carbocycles. The van der Waals surface area contributed by atoms with Gasteiger partial charge in [0.2, 0.25) is 5.69 Å². The van der Waals surface area contributed by atoms with E-state index >= 15 is 0 Å². The monoisotopic (exact) mass is 764 g/mol. The number of nitrogens with zero attached hydrogens (tertiary/aromatic N) is 2. The molecule has 0 saturated heterocycles. The second-order valence-corrected chi connectivity index (χ2v) is 18.4. The van der Waals surface area contributed by atoms with Gasteiger partial charge in [0.05, 0.1) is 21.8 Å². The highest BCUT2D eigenvalue weighted by Gasteiger charge is 2.45. The van der Waals surface area contributed by atoms with Gasteiger partial charge in [0.25, 0.3) is 30.4 Å². The van der Waals surface area contributed by atoms with Crippen LogP contribution in [0.1, 0.15) is 76.8 Å². The van der Waals surface area contributed by atoms with E-state index in [9.17, 15) is 38.9 Å². The Morgan fingerprint density at radius 1 is 0.784 bits per heavy atom. The molecule has 0 aliphatic carbocycles. The average molecular weight is 765 g/mol. The smallest absolute Gasteiger partial charge is 0.294 e. The lowest BCUT2D eigenvalue weighted by Gasteiger charge is -2.30. The van der Waals surface area contributed by atoms with Gasteiger partial charge >= 0.3 is 0 Å². The number of hydrogen-bond acceptors (Lipinski definition) is 8. The molecule has 2 aromatic rings. The van der Waals surface area contributed by atoms with Crippen LogP contribution in [0.25, 0.3) is 0 Å². The molecule has 12 nitrogen and oxygen atoms in total. The summed E-state index contributed by atoms with van der Waals surface area (Å²) < 4.78 is 101. The van der Waals surface area contributed by atoms with Crippen molar-refractivity contribution in [2.24, 2.45) is 5.73 Å². The Labute approximate surface area is 302 Å². The maximum absolute atomic E-state index is 12.2. The van der Waals surface area contributed by atoms with Crippen LogP contribution in [0.5, 0.6) is 0 Å². The van der Waals surface area contributed by atoms with Crippen LogP contribution in [0.2, 0.25) is 0 Å². The maximum Gasteiger partial charge on any atom is 0.294 e. The standard InChI is InChI=1S/C36H49N3O9S3/c1-35(2)29-15-9-10-16-31(29)38(23-13-25-49(40,41)42)33(35)17-7-6-8-18-34-36(3,21-11-4-5-12-22-37)30-27-28(51(46,47)48)19-20-32(30)39(34)24-14-26-50(43,44)45/h6-10,15-20,27H,4-5,11-14,21-26,37H2,1-3H3,(H2-,40,41,42,43,44,45,46,47,48)/p+1. The predicted molar refractivity (Wildman–Crippen MR) is 201 cm³/mol. The number of rotatable bonds is 18. The highest BCUT2D eigenvalue weighted by Crippen LogP contribution is 2.51. The molecule has 15 heteroatoms. The van der Waals surface area contributed by atoms with Gasteiger partial charge < -0.3 is 10.6 Å². The number of hydrogen-bond donors (Lipinski definition) is 4. The molecule has 0 aromatic heterocycles. The zero-order valence-electron chi connectivity index (χ0n) is 29.4. The molecular weight excluding hydrogens is 715 g/mol. The number of nitrogens with two attached hydrogens (primary N) is 1. The summed E-state index contributed by atoms with van der Waals surface area (Å²) in [6.07, 6.45) is 14.1. The van der Waals surface area contributed by atoms with Gasteiger partial charge in [-0.3, -0.25) is 13.7 Å². The van der Waals surface area contributed by atoms with Gasteiger partial charge in [-0.2, -0.15) is 29.8 Å². The number of anilines is 1. The number of fused-ring (bicyclic) bond motifs is 2. The molecule has 0 fully saturated rings. The SMILES string of the molecule is CC1(C)C(C=CC=CC=C2N(CCCS(=O)(=O)O)c3ccc(S(=O)(=O)O)cc3C2(C)CCCCCCN)=[N+](CCCS(=O)(=O)O)c2ccccc21. The third-order valence-corrected chi connectivity index (χ3v) is 12.2. The molecule has 2 aliphatic rings. The van der Waals surface area contributed by atoms with Crippen LogP contribution >= 0.6 is 0 Å². The first-order chi connectivity index (χ1) is 23.8. The molecule has 0 bridgehead atoms. The van der Waals surface area contributed by atoms with Crippen LogP contribution in [0.4, 0.5) is 11.4 Å². The Morgan fingerprint density at radius 3 is 2.12 bits per heavy atom. The molecule has 5 N–H and O–H groups in total. The zero-order chi connectivity index (χ0) is 37.7. The number of allylic oxidation sites excluding steroid dienone is 6. The summed E-state index contributed by atoms with van der Waals surface area (Å²) in [5.74, 6) is -0.793. The molecule has 0 amide bonds. The van der Waals surface area contributed by atoms with Gasteiger partial charge in [-0.05, 0) is 76.4 Å². The second-order valence-electron chi connectivity index (χ2n) is 13.8. The first-order valence-electron chi connectivity index (χ1n) is 17.1. The minimum absolute atomic E-state index is 0.118. The van der Waals surface area contributed by atoms with E-state index in [0.717, 1.165) is 48.3 Å². The zero-order valence-corrected chi connectivity index (χ0v) is 31.9. The fourth-order valence-corrected chi connectivity index (χ4v) is 8.72. The largest absolute Gasteiger partial charge is 0.344 e. The molecule has 2 aliphatic heterocycles. The van der Waals surface area contributed by atoms with Gasteiger partial charge in [-0.1, -0.05) is 55.7 Å². The molecule has 0 radical (unpaired) electrons. The molecule has 280 valence electrons. The molecule has 51 heavy (non-hydrogen) atoms. The van der Waals surface area contributed by atoms with Gasteiger partial charge in [-0.25, -0.2) is 0 Å². The van der Waals surface area contributed by atoms with E-state index < -0.39 is 41.5 Å². The van der Waals surface area contributed by atoms with Crippen LogP contribution in [0, 0.1) is 0 Å². The van der Waals surface area contributed by atoms with E-state index in [4.69, 9.17) is 5.73 Å². The molecular formula is C36H50N3O9S3+. The Balaban J connectivity index is 1.73. The third-order valence-electron chi connectivity index (χ3n) is 9.74. The van der Waals surface area contributed by atoms with Gasteiger partial charge in [0, 0.05) is 47.5 Å². The van der Waals surface area contributed by atoms with Crippen LogP contribution in [0.3, 0.4) is 0 Å².